The Labute approximate surface area is 221 Å². The minimum Gasteiger partial charge on any atom is -0.372 e. The molecular formula is C30H50ClN3O. The maximum atomic E-state index is 6.05. The van der Waals surface area contributed by atoms with E-state index in [1.807, 2.05) is 0 Å². The van der Waals surface area contributed by atoms with Crippen molar-refractivity contribution >= 4 is 23.8 Å². The van der Waals surface area contributed by atoms with Gasteiger partial charge in [-0.15, -0.1) is 12.4 Å². The van der Waals surface area contributed by atoms with Crippen molar-refractivity contribution in [3.8, 4) is 0 Å². The van der Waals surface area contributed by atoms with E-state index in [9.17, 15) is 0 Å². The molecule has 5 rings (SSSR count). The molecule has 0 aromatic heterocycles. The second-order valence-corrected chi connectivity index (χ2v) is 13.7. The number of piperazine rings is 1. The van der Waals surface area contributed by atoms with Gasteiger partial charge in [-0.3, -0.25) is 4.90 Å². The summed E-state index contributed by atoms with van der Waals surface area (Å²) in [5, 5.41) is 0. The van der Waals surface area contributed by atoms with Crippen LogP contribution in [0.3, 0.4) is 0 Å². The summed E-state index contributed by atoms with van der Waals surface area (Å²) in [6, 6.07) is 7.46. The minimum absolute atomic E-state index is 0. The summed E-state index contributed by atoms with van der Waals surface area (Å²) in [5.41, 5.74) is 5.31. The zero-order chi connectivity index (χ0) is 24.1. The molecule has 4 nitrogen and oxygen atoms in total. The number of morpholine rings is 1. The average Bonchev–Trinajstić information content (AvgIpc) is 3.55. The Bertz CT molecular complexity index is 833. The van der Waals surface area contributed by atoms with Crippen molar-refractivity contribution in [1.82, 2.24) is 4.90 Å². The monoisotopic (exact) mass is 503 g/mol. The Morgan fingerprint density at radius 2 is 1.46 bits per heavy atom. The van der Waals surface area contributed by atoms with Crippen LogP contribution >= 0.6 is 12.4 Å². The molecule has 1 aromatic carbocycles. The molecule has 0 radical (unpaired) electrons. The maximum Gasteiger partial charge on any atom is 0.0726 e. The number of hydrogen-bond acceptors (Lipinski definition) is 4. The van der Waals surface area contributed by atoms with Crippen LogP contribution in [0.2, 0.25) is 0 Å². The fourth-order valence-electron chi connectivity index (χ4n) is 7.65. The highest BCUT2D eigenvalue weighted by atomic mass is 35.5. The van der Waals surface area contributed by atoms with Gasteiger partial charge in [0, 0.05) is 57.2 Å². The predicted octanol–water partition coefficient (Wildman–Crippen LogP) is 6.57. The van der Waals surface area contributed by atoms with Gasteiger partial charge in [-0.1, -0.05) is 27.7 Å². The van der Waals surface area contributed by atoms with Crippen LogP contribution < -0.4 is 9.80 Å². The van der Waals surface area contributed by atoms with E-state index in [4.69, 9.17) is 4.74 Å². The molecule has 0 spiro atoms. The highest BCUT2D eigenvalue weighted by Gasteiger charge is 2.40. The molecule has 0 bridgehead atoms. The van der Waals surface area contributed by atoms with Gasteiger partial charge in [0.2, 0.25) is 0 Å². The Morgan fingerprint density at radius 3 is 2.03 bits per heavy atom. The molecular weight excluding hydrogens is 454 g/mol. The van der Waals surface area contributed by atoms with Crippen molar-refractivity contribution < 1.29 is 4.74 Å². The first kappa shape index (κ1) is 27.1. The van der Waals surface area contributed by atoms with Gasteiger partial charge in [0.15, 0.2) is 0 Å². The average molecular weight is 504 g/mol. The molecule has 2 saturated heterocycles. The van der Waals surface area contributed by atoms with Gasteiger partial charge in [0.05, 0.1) is 12.2 Å². The highest BCUT2D eigenvalue weighted by molar-refractivity contribution is 5.85. The van der Waals surface area contributed by atoms with E-state index in [-0.39, 0.29) is 12.4 Å². The van der Waals surface area contributed by atoms with Gasteiger partial charge in [0.1, 0.15) is 0 Å². The summed E-state index contributed by atoms with van der Waals surface area (Å²) in [4.78, 5) is 7.99. The number of nitrogens with zero attached hydrogens (tertiary/aromatic N) is 3. The van der Waals surface area contributed by atoms with E-state index >= 15 is 0 Å². The predicted molar refractivity (Wildman–Crippen MR) is 151 cm³/mol. The van der Waals surface area contributed by atoms with Crippen molar-refractivity contribution in [3.05, 3.63) is 23.8 Å². The van der Waals surface area contributed by atoms with Crippen molar-refractivity contribution in [3.63, 3.8) is 0 Å². The van der Waals surface area contributed by atoms with E-state index in [0.717, 1.165) is 19.0 Å². The number of halogens is 1. The summed E-state index contributed by atoms with van der Waals surface area (Å²) < 4.78 is 6.05. The first-order valence-corrected chi connectivity index (χ1v) is 14.1. The van der Waals surface area contributed by atoms with Gasteiger partial charge in [-0.05, 0) is 92.4 Å². The topological polar surface area (TPSA) is 19.0 Å². The molecule has 0 N–H and O–H groups in total. The van der Waals surface area contributed by atoms with Crippen molar-refractivity contribution in [2.24, 2.45) is 16.7 Å². The van der Waals surface area contributed by atoms with Crippen LogP contribution in [0.5, 0.6) is 0 Å². The summed E-state index contributed by atoms with van der Waals surface area (Å²) in [6.07, 6.45) is 7.41. The Balaban J connectivity index is 0.00000289. The minimum atomic E-state index is 0. The van der Waals surface area contributed by atoms with E-state index in [2.05, 4.69) is 74.4 Å². The molecule has 0 amide bonds. The number of ether oxygens (including phenoxy) is 1. The zero-order valence-electron chi connectivity index (χ0n) is 23.2. The van der Waals surface area contributed by atoms with Crippen molar-refractivity contribution in [2.45, 2.75) is 91.8 Å². The van der Waals surface area contributed by atoms with E-state index in [1.165, 1.54) is 76.2 Å². The number of benzene rings is 1. The molecule has 2 aliphatic heterocycles. The van der Waals surface area contributed by atoms with Gasteiger partial charge in [0.25, 0.3) is 0 Å². The van der Waals surface area contributed by atoms with Crippen LogP contribution in [-0.2, 0) is 4.74 Å². The quantitative estimate of drug-likeness (QED) is 0.452. The van der Waals surface area contributed by atoms with Gasteiger partial charge >= 0.3 is 0 Å². The first-order valence-electron chi connectivity index (χ1n) is 14.1. The highest BCUT2D eigenvalue weighted by Crippen LogP contribution is 2.53. The number of hydrogen-bond donors (Lipinski definition) is 0. The fraction of sp³-hybridized carbons (Fsp3) is 0.800. The summed E-state index contributed by atoms with van der Waals surface area (Å²) in [6.45, 7) is 22.5. The lowest BCUT2D eigenvalue weighted by Gasteiger charge is -2.47. The summed E-state index contributed by atoms with van der Waals surface area (Å²) in [7, 11) is 0. The maximum absolute atomic E-state index is 6.05. The smallest absolute Gasteiger partial charge is 0.0726 e. The summed E-state index contributed by atoms with van der Waals surface area (Å²) >= 11 is 0. The molecule has 2 atom stereocenters. The largest absolute Gasteiger partial charge is 0.372 e. The second kappa shape index (κ2) is 10.4. The van der Waals surface area contributed by atoms with Crippen LogP contribution in [0.4, 0.5) is 11.4 Å². The molecule has 4 aliphatic rings. The van der Waals surface area contributed by atoms with Crippen LogP contribution in [0.1, 0.15) is 85.1 Å². The third kappa shape index (κ3) is 6.67. The molecule has 5 heteroatoms. The molecule has 35 heavy (non-hydrogen) atoms. The second-order valence-electron chi connectivity index (χ2n) is 13.7. The molecule has 2 aliphatic carbocycles. The molecule has 198 valence electrons. The van der Waals surface area contributed by atoms with Crippen molar-refractivity contribution in [1.29, 1.82) is 0 Å². The SMILES string of the molecule is C[C@@H]1CN(c2ccc(N3CCN(CC4CC4)CC3)c(C3CC(C)(C)CC(C)(C)C3)c2)C[C@H](C)O1.Cl. The van der Waals surface area contributed by atoms with Crippen LogP contribution in [0.15, 0.2) is 18.2 Å². The number of rotatable bonds is 5. The first-order chi connectivity index (χ1) is 16.1. The van der Waals surface area contributed by atoms with Crippen molar-refractivity contribution in [2.75, 3.05) is 55.6 Å². The zero-order valence-corrected chi connectivity index (χ0v) is 24.0. The normalized spacial score (nSPS) is 29.7. The molecule has 2 saturated carbocycles. The van der Waals surface area contributed by atoms with Crippen LogP contribution in [0.25, 0.3) is 0 Å². The Morgan fingerprint density at radius 1 is 0.857 bits per heavy atom. The van der Waals surface area contributed by atoms with E-state index in [1.54, 1.807) is 5.56 Å². The molecule has 2 heterocycles. The lowest BCUT2D eigenvalue weighted by Crippen LogP contribution is -2.47. The van der Waals surface area contributed by atoms with Gasteiger partial charge in [-0.25, -0.2) is 0 Å². The summed E-state index contributed by atoms with van der Waals surface area (Å²) in [5.74, 6) is 1.63. The molecule has 1 aromatic rings. The fourth-order valence-corrected chi connectivity index (χ4v) is 7.65. The Kier molecular flexibility index (Phi) is 8.06. The Hall–Kier alpha value is -0.970. The van der Waals surface area contributed by atoms with Crippen LogP contribution in [-0.4, -0.2) is 62.9 Å². The molecule has 4 fully saturated rings. The van der Waals surface area contributed by atoms with Crippen LogP contribution in [0, 0.1) is 16.7 Å². The lowest BCUT2D eigenvalue weighted by molar-refractivity contribution is -0.00522. The standard InChI is InChI=1S/C30H49N3O.ClH/c1-22-18-33(19-23(2)34-22)26-9-10-28(32-13-11-31(12-14-32)20-24-7-8-24)27(15-26)25-16-29(3,4)21-30(5,6)17-25;/h9-10,15,22-25H,7-8,11-14,16-21H2,1-6H3;1H/t22-,23+;. The van der Waals surface area contributed by atoms with E-state index < -0.39 is 0 Å². The van der Waals surface area contributed by atoms with Gasteiger partial charge in [-0.2, -0.15) is 0 Å². The van der Waals surface area contributed by atoms with E-state index in [0.29, 0.717) is 29.0 Å². The number of anilines is 2. The van der Waals surface area contributed by atoms with Gasteiger partial charge < -0.3 is 14.5 Å². The third-order valence-corrected chi connectivity index (χ3v) is 8.72. The third-order valence-electron chi connectivity index (χ3n) is 8.72. The lowest BCUT2D eigenvalue weighted by atomic mass is 9.60. The molecule has 0 unspecified atom stereocenters.